The van der Waals surface area contributed by atoms with E-state index in [1.165, 1.54) is 0 Å². The average Bonchev–Trinajstić information content (AvgIpc) is 3.07. The van der Waals surface area contributed by atoms with E-state index in [-0.39, 0.29) is 6.42 Å². The number of hydrogen-bond acceptors (Lipinski definition) is 1. The lowest BCUT2D eigenvalue weighted by atomic mass is 10.0. The molecule has 0 N–H and O–H groups in total. The fourth-order valence-corrected chi connectivity index (χ4v) is 1.93. The van der Waals surface area contributed by atoms with Crippen LogP contribution in [0.25, 0.3) is 0 Å². The Kier molecular flexibility index (Phi) is 2.91. The first-order valence-electron chi connectivity index (χ1n) is 5.29. The van der Waals surface area contributed by atoms with Crippen LogP contribution in [-0.4, -0.2) is 17.9 Å². The maximum atomic E-state index is 12.8. The monoisotopic (exact) mass is 264 g/mol. The van der Waals surface area contributed by atoms with Gasteiger partial charge in [0.25, 0.3) is 0 Å². The summed E-state index contributed by atoms with van der Waals surface area (Å²) in [7, 11) is 0. The molecule has 1 fully saturated rings. The Labute approximate surface area is 99.6 Å². The predicted octanol–water partition coefficient (Wildman–Crippen LogP) is 3.56. The van der Waals surface area contributed by atoms with Gasteiger partial charge in [-0.1, -0.05) is 30.3 Å². The maximum absolute atomic E-state index is 12.8. The minimum absolute atomic E-state index is 0.0501. The standard InChI is InChI=1S/C12H9F5O/c13-11(14,12(15,16)17)10(18)9-6-8(9)7-4-2-1-3-5-7/h1-5,8-9H,6H2. The third-order valence-electron chi connectivity index (χ3n) is 3.02. The van der Waals surface area contributed by atoms with E-state index in [9.17, 15) is 26.7 Å². The van der Waals surface area contributed by atoms with E-state index in [1.807, 2.05) is 0 Å². The van der Waals surface area contributed by atoms with E-state index in [2.05, 4.69) is 0 Å². The lowest BCUT2D eigenvalue weighted by Gasteiger charge is -2.18. The molecule has 1 aromatic rings. The van der Waals surface area contributed by atoms with Crippen LogP contribution in [0.4, 0.5) is 22.0 Å². The van der Waals surface area contributed by atoms with Crippen molar-refractivity contribution in [2.24, 2.45) is 5.92 Å². The van der Waals surface area contributed by atoms with Crippen LogP contribution in [0.15, 0.2) is 30.3 Å². The number of ketones is 1. The Morgan fingerprint density at radius 3 is 2.11 bits per heavy atom. The van der Waals surface area contributed by atoms with Crippen molar-refractivity contribution in [2.45, 2.75) is 24.4 Å². The molecule has 0 aliphatic heterocycles. The summed E-state index contributed by atoms with van der Waals surface area (Å²) >= 11 is 0. The summed E-state index contributed by atoms with van der Waals surface area (Å²) in [6.45, 7) is 0. The summed E-state index contributed by atoms with van der Waals surface area (Å²) < 4.78 is 61.8. The van der Waals surface area contributed by atoms with Crippen molar-refractivity contribution >= 4 is 5.78 Å². The Hall–Kier alpha value is -1.46. The predicted molar refractivity (Wildman–Crippen MR) is 53.3 cm³/mol. The number of halogens is 5. The van der Waals surface area contributed by atoms with E-state index in [0.717, 1.165) is 0 Å². The summed E-state index contributed by atoms with van der Waals surface area (Å²) in [4.78, 5) is 11.2. The lowest BCUT2D eigenvalue weighted by molar-refractivity contribution is -0.269. The van der Waals surface area contributed by atoms with Crippen molar-refractivity contribution in [3.8, 4) is 0 Å². The van der Waals surface area contributed by atoms with Crippen molar-refractivity contribution in [1.82, 2.24) is 0 Å². The van der Waals surface area contributed by atoms with Crippen molar-refractivity contribution in [1.29, 1.82) is 0 Å². The minimum atomic E-state index is -5.81. The fraction of sp³-hybridized carbons (Fsp3) is 0.417. The fourth-order valence-electron chi connectivity index (χ4n) is 1.93. The third-order valence-corrected chi connectivity index (χ3v) is 3.02. The van der Waals surface area contributed by atoms with Gasteiger partial charge in [0.2, 0.25) is 5.78 Å². The molecular formula is C12H9F5O. The maximum Gasteiger partial charge on any atom is 0.461 e. The lowest BCUT2D eigenvalue weighted by Crippen LogP contribution is -2.45. The molecule has 98 valence electrons. The van der Waals surface area contributed by atoms with Crippen molar-refractivity contribution in [3.63, 3.8) is 0 Å². The molecular weight excluding hydrogens is 255 g/mol. The number of benzene rings is 1. The molecule has 0 saturated heterocycles. The highest BCUT2D eigenvalue weighted by Gasteiger charge is 2.67. The van der Waals surface area contributed by atoms with Gasteiger partial charge in [-0.25, -0.2) is 0 Å². The van der Waals surface area contributed by atoms with Gasteiger partial charge in [-0.05, 0) is 17.9 Å². The van der Waals surface area contributed by atoms with Crippen LogP contribution in [0.1, 0.15) is 17.9 Å². The van der Waals surface area contributed by atoms with Crippen LogP contribution in [-0.2, 0) is 4.79 Å². The van der Waals surface area contributed by atoms with Gasteiger partial charge in [-0.3, -0.25) is 4.79 Å². The second-order valence-electron chi connectivity index (χ2n) is 4.30. The van der Waals surface area contributed by atoms with E-state index in [1.54, 1.807) is 30.3 Å². The Morgan fingerprint density at radius 2 is 1.61 bits per heavy atom. The summed E-state index contributed by atoms with van der Waals surface area (Å²) in [6.07, 6.45) is -5.76. The van der Waals surface area contributed by atoms with Gasteiger partial charge in [-0.2, -0.15) is 22.0 Å². The van der Waals surface area contributed by atoms with Crippen molar-refractivity contribution < 1.29 is 26.7 Å². The van der Waals surface area contributed by atoms with E-state index in [0.29, 0.717) is 5.56 Å². The smallest absolute Gasteiger partial charge is 0.292 e. The topological polar surface area (TPSA) is 17.1 Å². The first-order chi connectivity index (χ1) is 8.25. The number of rotatable bonds is 3. The number of carbonyl (C=O) groups is 1. The second-order valence-corrected chi connectivity index (χ2v) is 4.30. The highest BCUT2D eigenvalue weighted by molar-refractivity contribution is 5.91. The van der Waals surface area contributed by atoms with Crippen LogP contribution < -0.4 is 0 Å². The minimum Gasteiger partial charge on any atom is -0.292 e. The zero-order valence-electron chi connectivity index (χ0n) is 9.05. The number of hydrogen-bond donors (Lipinski definition) is 0. The molecule has 0 amide bonds. The molecule has 2 atom stereocenters. The average molecular weight is 264 g/mol. The third kappa shape index (κ3) is 2.11. The molecule has 1 aliphatic carbocycles. The zero-order valence-corrected chi connectivity index (χ0v) is 9.05. The van der Waals surface area contributed by atoms with Gasteiger partial charge >= 0.3 is 12.1 Å². The van der Waals surface area contributed by atoms with Crippen LogP contribution >= 0.6 is 0 Å². The Bertz CT molecular complexity index is 451. The number of carbonyl (C=O) groups excluding carboxylic acids is 1. The molecule has 18 heavy (non-hydrogen) atoms. The SMILES string of the molecule is O=C(C1CC1c1ccccc1)C(F)(F)C(F)(F)F. The number of alkyl halides is 5. The van der Waals surface area contributed by atoms with Gasteiger partial charge < -0.3 is 0 Å². The second kappa shape index (κ2) is 4.03. The van der Waals surface area contributed by atoms with Crippen LogP contribution in [0.3, 0.4) is 0 Å². The van der Waals surface area contributed by atoms with Gasteiger partial charge in [-0.15, -0.1) is 0 Å². The van der Waals surface area contributed by atoms with Gasteiger partial charge in [0.15, 0.2) is 0 Å². The Balaban J connectivity index is 2.11. The van der Waals surface area contributed by atoms with Crippen molar-refractivity contribution in [2.75, 3.05) is 0 Å². The first-order valence-corrected chi connectivity index (χ1v) is 5.29. The highest BCUT2D eigenvalue weighted by atomic mass is 19.4. The normalized spacial score (nSPS) is 23.8. The molecule has 0 aromatic heterocycles. The zero-order chi connectivity index (χ0) is 13.6. The van der Waals surface area contributed by atoms with Crippen LogP contribution in [0.2, 0.25) is 0 Å². The summed E-state index contributed by atoms with van der Waals surface area (Å²) in [6, 6.07) is 8.23. The Morgan fingerprint density at radius 1 is 1.06 bits per heavy atom. The van der Waals surface area contributed by atoms with Crippen molar-refractivity contribution in [3.05, 3.63) is 35.9 Å². The van der Waals surface area contributed by atoms with Gasteiger partial charge in [0, 0.05) is 5.92 Å². The quantitative estimate of drug-likeness (QED) is 0.763. The molecule has 1 nitrogen and oxygen atoms in total. The molecule has 0 bridgehead atoms. The van der Waals surface area contributed by atoms with Gasteiger partial charge in [0.1, 0.15) is 0 Å². The highest BCUT2D eigenvalue weighted by Crippen LogP contribution is 2.52. The first kappa shape index (κ1) is 13.0. The van der Waals surface area contributed by atoms with Gasteiger partial charge in [0.05, 0.1) is 0 Å². The molecule has 0 spiro atoms. The summed E-state index contributed by atoms with van der Waals surface area (Å²) in [5, 5.41) is 0. The molecule has 1 aromatic carbocycles. The molecule has 6 heteroatoms. The molecule has 0 heterocycles. The largest absolute Gasteiger partial charge is 0.461 e. The van der Waals surface area contributed by atoms with E-state index < -0.39 is 29.7 Å². The molecule has 2 rings (SSSR count). The number of Topliss-reactive ketones (excluding diaryl/α,β-unsaturated/α-hetero) is 1. The van der Waals surface area contributed by atoms with E-state index >= 15 is 0 Å². The van der Waals surface area contributed by atoms with Crippen LogP contribution in [0, 0.1) is 5.92 Å². The molecule has 1 saturated carbocycles. The summed E-state index contributed by atoms with van der Waals surface area (Å²) in [5.41, 5.74) is 0.619. The molecule has 2 unspecified atom stereocenters. The molecule has 0 radical (unpaired) electrons. The van der Waals surface area contributed by atoms with E-state index in [4.69, 9.17) is 0 Å². The van der Waals surface area contributed by atoms with Crippen LogP contribution in [0.5, 0.6) is 0 Å². The summed E-state index contributed by atoms with van der Waals surface area (Å²) in [5.74, 6) is -9.03. The molecule has 1 aliphatic rings.